The summed E-state index contributed by atoms with van der Waals surface area (Å²) >= 11 is 0. The second-order valence-corrected chi connectivity index (χ2v) is 3.89. The Morgan fingerprint density at radius 1 is 1.54 bits per heavy atom. The highest BCUT2D eigenvalue weighted by atomic mass is 16.5. The molecule has 3 heteroatoms. The van der Waals surface area contributed by atoms with Crippen molar-refractivity contribution in [2.45, 2.75) is 33.0 Å². The van der Waals surface area contributed by atoms with Crippen molar-refractivity contribution in [3.63, 3.8) is 0 Å². The van der Waals surface area contributed by atoms with Crippen LogP contribution in [0.3, 0.4) is 0 Å². The summed E-state index contributed by atoms with van der Waals surface area (Å²) in [5, 5.41) is 9.81. The molecule has 0 radical (unpaired) electrons. The first-order valence-electron chi connectivity index (χ1n) is 4.34. The first kappa shape index (κ1) is 8.51. The molecule has 0 saturated carbocycles. The molecule has 0 unspecified atom stereocenters. The molecule has 1 aromatic rings. The van der Waals surface area contributed by atoms with Crippen LogP contribution in [-0.4, -0.2) is 10.1 Å². The standard InChI is InChI=1S/C10H13NO2/c1-6-9(12)8-7(4-11-6)5-13-10(8,2)3/h4,12H,5H2,1-3H3. The first-order valence-corrected chi connectivity index (χ1v) is 4.34. The van der Waals surface area contributed by atoms with E-state index in [1.165, 1.54) is 0 Å². The van der Waals surface area contributed by atoms with E-state index in [9.17, 15) is 5.11 Å². The largest absolute Gasteiger partial charge is 0.506 e. The molecule has 3 nitrogen and oxygen atoms in total. The van der Waals surface area contributed by atoms with Crippen LogP contribution in [0.15, 0.2) is 6.20 Å². The van der Waals surface area contributed by atoms with Crippen molar-refractivity contribution in [1.82, 2.24) is 4.98 Å². The SMILES string of the molecule is Cc1ncc2c(c1O)C(C)(C)OC2. The van der Waals surface area contributed by atoms with Crippen LogP contribution in [0.1, 0.15) is 30.7 Å². The number of rotatable bonds is 0. The van der Waals surface area contributed by atoms with Gasteiger partial charge in [-0.25, -0.2) is 0 Å². The van der Waals surface area contributed by atoms with Gasteiger partial charge in [0.15, 0.2) is 0 Å². The molecular formula is C10H13NO2. The first-order chi connectivity index (χ1) is 6.02. The van der Waals surface area contributed by atoms with Crippen LogP contribution in [0.4, 0.5) is 0 Å². The molecule has 1 N–H and O–H groups in total. The summed E-state index contributed by atoms with van der Waals surface area (Å²) in [5.74, 6) is 0.278. The Kier molecular flexibility index (Phi) is 1.60. The van der Waals surface area contributed by atoms with Crippen LogP contribution in [0.2, 0.25) is 0 Å². The normalized spacial score (nSPS) is 18.7. The fourth-order valence-electron chi connectivity index (χ4n) is 1.74. The van der Waals surface area contributed by atoms with E-state index in [4.69, 9.17) is 4.74 Å². The van der Waals surface area contributed by atoms with Crippen LogP contribution in [0.25, 0.3) is 0 Å². The van der Waals surface area contributed by atoms with Gasteiger partial charge in [0.1, 0.15) is 5.75 Å². The van der Waals surface area contributed by atoms with E-state index >= 15 is 0 Å². The lowest BCUT2D eigenvalue weighted by molar-refractivity contribution is -0.00893. The zero-order valence-electron chi connectivity index (χ0n) is 8.09. The summed E-state index contributed by atoms with van der Waals surface area (Å²) in [6.45, 7) is 6.25. The van der Waals surface area contributed by atoms with Gasteiger partial charge in [-0.15, -0.1) is 0 Å². The highest BCUT2D eigenvalue weighted by molar-refractivity contribution is 5.45. The van der Waals surface area contributed by atoms with Gasteiger partial charge in [0, 0.05) is 17.3 Å². The maximum Gasteiger partial charge on any atom is 0.143 e. The topological polar surface area (TPSA) is 42.4 Å². The molecular weight excluding hydrogens is 166 g/mol. The van der Waals surface area contributed by atoms with E-state index in [2.05, 4.69) is 4.98 Å². The lowest BCUT2D eigenvalue weighted by Crippen LogP contribution is -2.15. The molecule has 0 spiro atoms. The Morgan fingerprint density at radius 2 is 2.23 bits per heavy atom. The number of aromatic nitrogens is 1. The van der Waals surface area contributed by atoms with Crippen molar-refractivity contribution in [3.8, 4) is 5.75 Å². The van der Waals surface area contributed by atoms with Crippen molar-refractivity contribution in [3.05, 3.63) is 23.0 Å². The molecule has 0 saturated heterocycles. The molecule has 13 heavy (non-hydrogen) atoms. The highest BCUT2D eigenvalue weighted by Gasteiger charge is 2.34. The minimum absolute atomic E-state index is 0.278. The summed E-state index contributed by atoms with van der Waals surface area (Å²) in [4.78, 5) is 4.09. The van der Waals surface area contributed by atoms with E-state index in [1.807, 2.05) is 13.8 Å². The fourth-order valence-corrected chi connectivity index (χ4v) is 1.74. The molecule has 2 heterocycles. The lowest BCUT2D eigenvalue weighted by Gasteiger charge is -2.19. The van der Waals surface area contributed by atoms with Crippen LogP contribution in [0.5, 0.6) is 5.75 Å². The molecule has 0 atom stereocenters. The van der Waals surface area contributed by atoms with Crippen LogP contribution in [0, 0.1) is 6.92 Å². The van der Waals surface area contributed by atoms with Crippen molar-refractivity contribution in [2.75, 3.05) is 0 Å². The summed E-state index contributed by atoms with van der Waals surface area (Å²) in [7, 11) is 0. The maximum atomic E-state index is 9.81. The van der Waals surface area contributed by atoms with Crippen molar-refractivity contribution < 1.29 is 9.84 Å². The van der Waals surface area contributed by atoms with Crippen molar-refractivity contribution in [2.24, 2.45) is 0 Å². The summed E-state index contributed by atoms with van der Waals surface area (Å²) in [6.07, 6.45) is 1.78. The van der Waals surface area contributed by atoms with E-state index in [1.54, 1.807) is 13.1 Å². The molecule has 0 aromatic carbocycles. The zero-order valence-corrected chi connectivity index (χ0v) is 8.09. The molecule has 1 aromatic heterocycles. The predicted octanol–water partition coefficient (Wildman–Crippen LogP) is 1.86. The number of pyridine rings is 1. The minimum Gasteiger partial charge on any atom is -0.506 e. The Bertz CT molecular complexity index is 358. The van der Waals surface area contributed by atoms with Crippen molar-refractivity contribution in [1.29, 1.82) is 0 Å². The Balaban J connectivity index is 2.68. The average molecular weight is 179 g/mol. The average Bonchev–Trinajstić information content (AvgIpc) is 2.35. The van der Waals surface area contributed by atoms with Gasteiger partial charge in [-0.2, -0.15) is 0 Å². The highest BCUT2D eigenvalue weighted by Crippen LogP contribution is 2.41. The van der Waals surface area contributed by atoms with E-state index in [0.717, 1.165) is 11.1 Å². The summed E-state index contributed by atoms with van der Waals surface area (Å²) < 4.78 is 5.55. The van der Waals surface area contributed by atoms with Crippen LogP contribution in [-0.2, 0) is 16.9 Å². The number of aromatic hydroxyl groups is 1. The molecule has 0 fully saturated rings. The van der Waals surface area contributed by atoms with Gasteiger partial charge < -0.3 is 9.84 Å². The minimum atomic E-state index is -0.382. The third kappa shape index (κ3) is 1.11. The molecule has 0 bridgehead atoms. The van der Waals surface area contributed by atoms with Crippen molar-refractivity contribution >= 4 is 0 Å². The Morgan fingerprint density at radius 3 is 2.92 bits per heavy atom. The number of ether oxygens (including phenoxy) is 1. The molecule has 0 aliphatic carbocycles. The smallest absolute Gasteiger partial charge is 0.143 e. The fraction of sp³-hybridized carbons (Fsp3) is 0.500. The van der Waals surface area contributed by atoms with Gasteiger partial charge in [-0.3, -0.25) is 4.98 Å². The number of nitrogens with zero attached hydrogens (tertiary/aromatic N) is 1. The maximum absolute atomic E-state index is 9.81. The van der Waals surface area contributed by atoms with Gasteiger partial charge in [0.05, 0.1) is 17.9 Å². The third-order valence-corrected chi connectivity index (χ3v) is 2.51. The second kappa shape index (κ2) is 2.45. The molecule has 70 valence electrons. The number of hydrogen-bond acceptors (Lipinski definition) is 3. The lowest BCUT2D eigenvalue weighted by atomic mass is 9.96. The quantitative estimate of drug-likeness (QED) is 0.661. The number of fused-ring (bicyclic) bond motifs is 1. The number of hydrogen-bond donors (Lipinski definition) is 1. The van der Waals surface area contributed by atoms with E-state index in [-0.39, 0.29) is 11.4 Å². The molecule has 1 aliphatic rings. The Labute approximate surface area is 77.4 Å². The third-order valence-electron chi connectivity index (χ3n) is 2.51. The number of aryl methyl sites for hydroxylation is 1. The van der Waals surface area contributed by atoms with E-state index in [0.29, 0.717) is 12.3 Å². The van der Waals surface area contributed by atoms with Gasteiger partial charge in [0.2, 0.25) is 0 Å². The zero-order chi connectivity index (χ0) is 9.64. The van der Waals surface area contributed by atoms with Gasteiger partial charge in [0.25, 0.3) is 0 Å². The molecule has 1 aliphatic heterocycles. The second-order valence-electron chi connectivity index (χ2n) is 3.89. The van der Waals surface area contributed by atoms with Gasteiger partial charge >= 0.3 is 0 Å². The van der Waals surface area contributed by atoms with Gasteiger partial charge in [-0.05, 0) is 20.8 Å². The summed E-state index contributed by atoms with van der Waals surface area (Å²) in [5.41, 5.74) is 2.16. The van der Waals surface area contributed by atoms with E-state index < -0.39 is 0 Å². The molecule has 2 rings (SSSR count). The molecule has 0 amide bonds. The summed E-state index contributed by atoms with van der Waals surface area (Å²) in [6, 6.07) is 0. The van der Waals surface area contributed by atoms with Crippen LogP contribution < -0.4 is 0 Å². The monoisotopic (exact) mass is 179 g/mol. The predicted molar refractivity (Wildman–Crippen MR) is 48.5 cm³/mol. The Hall–Kier alpha value is -1.09. The van der Waals surface area contributed by atoms with Gasteiger partial charge in [-0.1, -0.05) is 0 Å². The van der Waals surface area contributed by atoms with Crippen LogP contribution >= 0.6 is 0 Å².